The van der Waals surface area contributed by atoms with Crippen LogP contribution >= 0.6 is 0 Å². The molecule has 156 valence electrons. The molecule has 0 unspecified atom stereocenters. The number of benzene rings is 2. The van der Waals surface area contributed by atoms with E-state index in [2.05, 4.69) is 17.3 Å². The summed E-state index contributed by atoms with van der Waals surface area (Å²) in [6.07, 6.45) is 1.76. The van der Waals surface area contributed by atoms with Crippen molar-refractivity contribution < 1.29 is 19.0 Å². The summed E-state index contributed by atoms with van der Waals surface area (Å²) >= 11 is 0. The molecule has 1 heterocycles. The lowest BCUT2D eigenvalue weighted by Gasteiger charge is -2.29. The second kappa shape index (κ2) is 10.2. The van der Waals surface area contributed by atoms with Gasteiger partial charge in [-0.1, -0.05) is 24.3 Å². The van der Waals surface area contributed by atoms with Crippen LogP contribution in [0.1, 0.15) is 25.3 Å². The first-order valence-electron chi connectivity index (χ1n) is 10.1. The SMILES string of the molecule is COc1ccccc1O[C@@H](C)C(=O)NCc1ccc(OC2CCN(C)CC2)cc1. The summed E-state index contributed by atoms with van der Waals surface area (Å²) < 4.78 is 17.1. The third-order valence-corrected chi connectivity index (χ3v) is 5.10. The molecule has 1 saturated heterocycles. The molecule has 0 spiro atoms. The molecular weight excluding hydrogens is 368 g/mol. The molecule has 0 bridgehead atoms. The van der Waals surface area contributed by atoms with Crippen molar-refractivity contribution in [1.29, 1.82) is 0 Å². The number of piperidine rings is 1. The summed E-state index contributed by atoms with van der Waals surface area (Å²) in [7, 11) is 3.72. The van der Waals surface area contributed by atoms with E-state index in [0.717, 1.165) is 37.2 Å². The first-order chi connectivity index (χ1) is 14.0. The highest BCUT2D eigenvalue weighted by Crippen LogP contribution is 2.26. The van der Waals surface area contributed by atoms with Crippen LogP contribution in [0.5, 0.6) is 17.2 Å². The standard InChI is InChI=1S/C23H30N2O4/c1-17(28-22-7-5-4-6-21(22)27-3)23(26)24-16-18-8-10-19(11-9-18)29-20-12-14-25(2)15-13-20/h4-11,17,20H,12-16H2,1-3H3,(H,24,26)/t17-/m0/s1. The third-order valence-electron chi connectivity index (χ3n) is 5.10. The van der Waals surface area contributed by atoms with E-state index in [-0.39, 0.29) is 12.0 Å². The van der Waals surface area contributed by atoms with Crippen LogP contribution in [0.3, 0.4) is 0 Å². The molecule has 1 amide bonds. The Bertz CT molecular complexity index is 786. The first-order valence-corrected chi connectivity index (χ1v) is 10.1. The van der Waals surface area contributed by atoms with Crippen molar-refractivity contribution in [3.8, 4) is 17.2 Å². The van der Waals surface area contributed by atoms with Gasteiger partial charge in [-0.25, -0.2) is 0 Å². The minimum Gasteiger partial charge on any atom is -0.493 e. The molecule has 2 aromatic carbocycles. The highest BCUT2D eigenvalue weighted by Gasteiger charge is 2.18. The molecule has 6 nitrogen and oxygen atoms in total. The lowest BCUT2D eigenvalue weighted by Crippen LogP contribution is -2.36. The molecule has 3 rings (SSSR count). The van der Waals surface area contributed by atoms with Gasteiger partial charge in [0.1, 0.15) is 11.9 Å². The molecule has 1 fully saturated rings. The Morgan fingerprint density at radius 2 is 1.76 bits per heavy atom. The van der Waals surface area contributed by atoms with Gasteiger partial charge < -0.3 is 24.4 Å². The number of para-hydroxylation sites is 2. The summed E-state index contributed by atoms with van der Waals surface area (Å²) in [4.78, 5) is 14.7. The van der Waals surface area contributed by atoms with Crippen molar-refractivity contribution in [2.45, 2.75) is 38.5 Å². The van der Waals surface area contributed by atoms with Gasteiger partial charge in [-0.3, -0.25) is 4.79 Å². The Hall–Kier alpha value is -2.73. The summed E-state index contributed by atoms with van der Waals surface area (Å²) in [6, 6.07) is 15.2. The number of amides is 1. The number of ether oxygens (including phenoxy) is 3. The molecule has 1 N–H and O–H groups in total. The van der Waals surface area contributed by atoms with Gasteiger partial charge in [-0.2, -0.15) is 0 Å². The minimum atomic E-state index is -0.627. The van der Waals surface area contributed by atoms with Crippen LogP contribution in [0, 0.1) is 0 Å². The lowest BCUT2D eigenvalue weighted by atomic mass is 10.1. The average Bonchev–Trinajstić information content (AvgIpc) is 2.75. The zero-order chi connectivity index (χ0) is 20.6. The maximum Gasteiger partial charge on any atom is 0.261 e. The van der Waals surface area contributed by atoms with Crippen LogP contribution in [0.15, 0.2) is 48.5 Å². The number of hydrogen-bond donors (Lipinski definition) is 1. The normalized spacial score (nSPS) is 16.1. The fraction of sp³-hybridized carbons (Fsp3) is 0.435. The van der Waals surface area contributed by atoms with Crippen molar-refractivity contribution in [2.24, 2.45) is 0 Å². The molecule has 1 atom stereocenters. The summed E-state index contributed by atoms with van der Waals surface area (Å²) in [5.41, 5.74) is 1.01. The molecular formula is C23H30N2O4. The molecule has 29 heavy (non-hydrogen) atoms. The van der Waals surface area contributed by atoms with E-state index in [1.807, 2.05) is 36.4 Å². The second-order valence-corrected chi connectivity index (χ2v) is 7.39. The van der Waals surface area contributed by atoms with Crippen LogP contribution in [0.2, 0.25) is 0 Å². The van der Waals surface area contributed by atoms with Crippen molar-refractivity contribution in [1.82, 2.24) is 10.2 Å². The van der Waals surface area contributed by atoms with Crippen LogP contribution < -0.4 is 19.5 Å². The topological polar surface area (TPSA) is 60.0 Å². The van der Waals surface area contributed by atoms with Gasteiger partial charge in [0.25, 0.3) is 5.91 Å². The third kappa shape index (κ3) is 6.12. The number of methoxy groups -OCH3 is 1. The van der Waals surface area contributed by atoms with E-state index >= 15 is 0 Å². The molecule has 6 heteroatoms. The van der Waals surface area contributed by atoms with E-state index in [9.17, 15) is 4.79 Å². The smallest absolute Gasteiger partial charge is 0.261 e. The zero-order valence-electron chi connectivity index (χ0n) is 17.4. The van der Waals surface area contributed by atoms with Gasteiger partial charge in [0.05, 0.1) is 7.11 Å². The number of carbonyl (C=O) groups is 1. The second-order valence-electron chi connectivity index (χ2n) is 7.39. The van der Waals surface area contributed by atoms with E-state index in [1.165, 1.54) is 0 Å². The summed E-state index contributed by atoms with van der Waals surface area (Å²) in [6.45, 7) is 4.31. The fourth-order valence-electron chi connectivity index (χ4n) is 3.27. The van der Waals surface area contributed by atoms with Crippen molar-refractivity contribution in [3.63, 3.8) is 0 Å². The van der Waals surface area contributed by atoms with Crippen molar-refractivity contribution in [3.05, 3.63) is 54.1 Å². The molecule has 1 aliphatic rings. The zero-order valence-corrected chi connectivity index (χ0v) is 17.4. The molecule has 0 saturated carbocycles. The highest BCUT2D eigenvalue weighted by atomic mass is 16.5. The van der Waals surface area contributed by atoms with Crippen molar-refractivity contribution in [2.75, 3.05) is 27.2 Å². The average molecular weight is 399 g/mol. The Kier molecular flexibility index (Phi) is 7.36. The number of nitrogens with zero attached hydrogens (tertiary/aromatic N) is 1. The maximum absolute atomic E-state index is 12.4. The van der Waals surface area contributed by atoms with Crippen molar-refractivity contribution >= 4 is 5.91 Å². The van der Waals surface area contributed by atoms with Gasteiger partial charge in [0, 0.05) is 19.6 Å². The van der Waals surface area contributed by atoms with Crippen LogP contribution in [-0.4, -0.2) is 50.3 Å². The summed E-state index contributed by atoms with van der Waals surface area (Å²) in [5, 5.41) is 2.91. The Morgan fingerprint density at radius 1 is 1.10 bits per heavy atom. The molecule has 0 radical (unpaired) electrons. The number of hydrogen-bond acceptors (Lipinski definition) is 5. The van der Waals surface area contributed by atoms with Crippen LogP contribution in [-0.2, 0) is 11.3 Å². The maximum atomic E-state index is 12.4. The molecule has 2 aromatic rings. The Morgan fingerprint density at radius 3 is 2.41 bits per heavy atom. The molecule has 0 aromatic heterocycles. The van der Waals surface area contributed by atoms with E-state index in [4.69, 9.17) is 14.2 Å². The van der Waals surface area contributed by atoms with Gasteiger partial charge in [0.15, 0.2) is 17.6 Å². The quantitative estimate of drug-likeness (QED) is 0.740. The fourth-order valence-corrected chi connectivity index (χ4v) is 3.27. The van der Waals surface area contributed by atoms with Gasteiger partial charge in [-0.15, -0.1) is 0 Å². The first kappa shape index (κ1) is 21.0. The summed E-state index contributed by atoms with van der Waals surface area (Å²) in [5.74, 6) is 1.85. The van der Waals surface area contributed by atoms with Crippen LogP contribution in [0.25, 0.3) is 0 Å². The minimum absolute atomic E-state index is 0.178. The van der Waals surface area contributed by atoms with E-state index in [1.54, 1.807) is 26.2 Å². The number of carbonyl (C=O) groups excluding carboxylic acids is 1. The Labute approximate surface area is 172 Å². The predicted molar refractivity (Wildman–Crippen MR) is 113 cm³/mol. The largest absolute Gasteiger partial charge is 0.493 e. The van der Waals surface area contributed by atoms with Gasteiger partial charge in [0.2, 0.25) is 0 Å². The van der Waals surface area contributed by atoms with E-state index in [0.29, 0.717) is 18.0 Å². The number of rotatable bonds is 8. The lowest BCUT2D eigenvalue weighted by molar-refractivity contribution is -0.127. The number of likely N-dealkylation sites (tertiary alicyclic amines) is 1. The molecule has 0 aliphatic carbocycles. The predicted octanol–water partition coefficient (Wildman–Crippen LogP) is 3.25. The highest BCUT2D eigenvalue weighted by molar-refractivity contribution is 5.80. The number of nitrogens with one attached hydrogen (secondary N) is 1. The van der Waals surface area contributed by atoms with Crippen LogP contribution in [0.4, 0.5) is 0 Å². The van der Waals surface area contributed by atoms with Gasteiger partial charge >= 0.3 is 0 Å². The Balaban J connectivity index is 1.46. The monoisotopic (exact) mass is 398 g/mol. The molecule has 1 aliphatic heterocycles. The van der Waals surface area contributed by atoms with Gasteiger partial charge in [-0.05, 0) is 56.6 Å². The van der Waals surface area contributed by atoms with E-state index < -0.39 is 6.10 Å².